The van der Waals surface area contributed by atoms with E-state index in [1.807, 2.05) is 11.9 Å². The van der Waals surface area contributed by atoms with E-state index in [-0.39, 0.29) is 11.9 Å². The second-order valence-corrected chi connectivity index (χ2v) is 6.64. The molecule has 2 N–H and O–H groups in total. The summed E-state index contributed by atoms with van der Waals surface area (Å²) >= 11 is 0. The molecule has 0 aliphatic heterocycles. The van der Waals surface area contributed by atoms with Gasteiger partial charge in [-0.15, -0.1) is 0 Å². The quantitative estimate of drug-likeness (QED) is 0.838. The fourth-order valence-electron chi connectivity index (χ4n) is 3.60. The average Bonchev–Trinajstić information content (AvgIpc) is 2.53. The van der Waals surface area contributed by atoms with Crippen molar-refractivity contribution in [2.24, 2.45) is 11.8 Å². The second-order valence-electron chi connectivity index (χ2n) is 6.64. The van der Waals surface area contributed by atoms with E-state index in [2.05, 4.69) is 5.32 Å². The van der Waals surface area contributed by atoms with Crippen LogP contribution in [-0.4, -0.2) is 41.6 Å². The van der Waals surface area contributed by atoms with E-state index in [0.717, 1.165) is 38.5 Å². The van der Waals surface area contributed by atoms with Gasteiger partial charge in [-0.05, 0) is 44.4 Å². The molecule has 2 fully saturated rings. The van der Waals surface area contributed by atoms with Crippen molar-refractivity contribution in [3.8, 4) is 0 Å². The first-order valence-electron chi connectivity index (χ1n) is 8.31. The van der Waals surface area contributed by atoms with Crippen molar-refractivity contribution in [3.05, 3.63) is 0 Å². The van der Waals surface area contributed by atoms with Crippen LogP contribution in [0.4, 0.5) is 4.79 Å². The van der Waals surface area contributed by atoms with Gasteiger partial charge < -0.3 is 15.3 Å². The highest BCUT2D eigenvalue weighted by atomic mass is 16.4. The van der Waals surface area contributed by atoms with E-state index < -0.39 is 5.97 Å². The van der Waals surface area contributed by atoms with E-state index in [1.165, 1.54) is 19.3 Å². The number of carbonyl (C=O) groups excluding carboxylic acids is 1. The van der Waals surface area contributed by atoms with Gasteiger partial charge in [0.2, 0.25) is 0 Å². The van der Waals surface area contributed by atoms with E-state index >= 15 is 0 Å². The second kappa shape index (κ2) is 7.66. The van der Waals surface area contributed by atoms with E-state index in [1.54, 1.807) is 0 Å². The minimum Gasteiger partial charge on any atom is -0.481 e. The van der Waals surface area contributed by atoms with Crippen molar-refractivity contribution in [1.82, 2.24) is 10.2 Å². The van der Waals surface area contributed by atoms with Crippen LogP contribution in [0.3, 0.4) is 0 Å². The third-order valence-electron chi connectivity index (χ3n) is 5.18. The van der Waals surface area contributed by atoms with Gasteiger partial charge in [-0.1, -0.05) is 19.3 Å². The summed E-state index contributed by atoms with van der Waals surface area (Å²) < 4.78 is 0. The highest BCUT2D eigenvalue weighted by molar-refractivity contribution is 5.74. The monoisotopic (exact) mass is 296 g/mol. The summed E-state index contributed by atoms with van der Waals surface area (Å²) in [4.78, 5) is 25.0. The first kappa shape index (κ1) is 16.1. The number of rotatable bonds is 4. The van der Waals surface area contributed by atoms with Crippen LogP contribution in [0.1, 0.15) is 57.8 Å². The Labute approximate surface area is 127 Å². The lowest BCUT2D eigenvalue weighted by atomic mass is 9.82. The normalized spacial score (nSPS) is 27.1. The minimum absolute atomic E-state index is 0.0299. The molecule has 5 heteroatoms. The number of amides is 2. The Morgan fingerprint density at radius 3 is 2.24 bits per heavy atom. The van der Waals surface area contributed by atoms with Gasteiger partial charge in [0.25, 0.3) is 0 Å². The number of nitrogens with zero attached hydrogens (tertiary/aromatic N) is 1. The van der Waals surface area contributed by atoms with Crippen molar-refractivity contribution in [2.45, 2.75) is 63.8 Å². The van der Waals surface area contributed by atoms with Gasteiger partial charge in [0, 0.05) is 19.6 Å². The predicted molar refractivity (Wildman–Crippen MR) is 81.1 cm³/mol. The molecular formula is C16H28N2O3. The SMILES string of the molecule is CN(C(=O)NCC1CCC(C(=O)O)CC1)C1CCCCC1. The number of carboxylic acid groups (broad SMARTS) is 1. The highest BCUT2D eigenvalue weighted by Crippen LogP contribution is 2.28. The Bertz CT molecular complexity index is 359. The summed E-state index contributed by atoms with van der Waals surface area (Å²) in [5, 5.41) is 12.0. The fourth-order valence-corrected chi connectivity index (χ4v) is 3.60. The molecule has 0 bridgehead atoms. The standard InChI is InChI=1S/C16H28N2O3/c1-18(14-5-3-2-4-6-14)16(21)17-11-12-7-9-13(10-8-12)15(19)20/h12-14H,2-11H2,1H3,(H,17,21)(H,19,20). The van der Waals surface area contributed by atoms with Gasteiger partial charge in [-0.2, -0.15) is 0 Å². The summed E-state index contributed by atoms with van der Waals surface area (Å²) in [6.07, 6.45) is 9.28. The van der Waals surface area contributed by atoms with Gasteiger partial charge in [0.1, 0.15) is 0 Å². The Morgan fingerprint density at radius 2 is 1.67 bits per heavy atom. The zero-order chi connectivity index (χ0) is 15.2. The Hall–Kier alpha value is -1.26. The molecule has 0 unspecified atom stereocenters. The van der Waals surface area contributed by atoms with Crippen LogP contribution in [0.25, 0.3) is 0 Å². The Morgan fingerprint density at radius 1 is 1.05 bits per heavy atom. The van der Waals surface area contributed by atoms with E-state index in [0.29, 0.717) is 18.5 Å². The number of aliphatic carboxylic acids is 1. The maximum atomic E-state index is 12.2. The topological polar surface area (TPSA) is 69.6 Å². The largest absolute Gasteiger partial charge is 0.481 e. The summed E-state index contributed by atoms with van der Waals surface area (Å²) in [6.45, 7) is 0.683. The number of urea groups is 1. The lowest BCUT2D eigenvalue weighted by molar-refractivity contribution is -0.143. The molecule has 2 amide bonds. The van der Waals surface area contributed by atoms with Gasteiger partial charge in [-0.3, -0.25) is 4.79 Å². The van der Waals surface area contributed by atoms with Crippen molar-refractivity contribution >= 4 is 12.0 Å². The first-order valence-corrected chi connectivity index (χ1v) is 8.31. The lowest BCUT2D eigenvalue weighted by Gasteiger charge is -2.32. The smallest absolute Gasteiger partial charge is 0.317 e. The number of nitrogens with one attached hydrogen (secondary N) is 1. The summed E-state index contributed by atoms with van der Waals surface area (Å²) in [7, 11) is 1.90. The summed E-state index contributed by atoms with van der Waals surface area (Å²) in [5.74, 6) is -0.416. The molecule has 0 atom stereocenters. The van der Waals surface area contributed by atoms with Gasteiger partial charge in [0.15, 0.2) is 0 Å². The molecule has 0 radical (unpaired) electrons. The van der Waals surface area contributed by atoms with Gasteiger partial charge >= 0.3 is 12.0 Å². The van der Waals surface area contributed by atoms with E-state index in [9.17, 15) is 9.59 Å². The molecule has 0 aromatic heterocycles. The Kier molecular flexibility index (Phi) is 5.88. The molecule has 0 aromatic rings. The molecule has 0 heterocycles. The third-order valence-corrected chi connectivity index (χ3v) is 5.18. The number of carboxylic acids is 1. The molecule has 120 valence electrons. The molecule has 0 saturated heterocycles. The molecule has 2 rings (SSSR count). The van der Waals surface area contributed by atoms with Gasteiger partial charge in [-0.25, -0.2) is 4.79 Å². The Balaban J connectivity index is 1.68. The number of hydrogen-bond donors (Lipinski definition) is 2. The zero-order valence-electron chi connectivity index (χ0n) is 13.0. The van der Waals surface area contributed by atoms with Crippen LogP contribution in [-0.2, 0) is 4.79 Å². The predicted octanol–water partition coefficient (Wildman–Crippen LogP) is 2.85. The number of hydrogen-bond acceptors (Lipinski definition) is 2. The summed E-state index contributed by atoms with van der Waals surface area (Å²) in [6, 6.07) is 0.420. The molecule has 0 spiro atoms. The van der Waals surface area contributed by atoms with Crippen molar-refractivity contribution in [3.63, 3.8) is 0 Å². The lowest BCUT2D eigenvalue weighted by Crippen LogP contribution is -2.45. The van der Waals surface area contributed by atoms with Crippen LogP contribution < -0.4 is 5.32 Å². The molecule has 2 aliphatic rings. The van der Waals surface area contributed by atoms with Crippen LogP contribution in [0, 0.1) is 11.8 Å². The van der Waals surface area contributed by atoms with Crippen LogP contribution in [0.2, 0.25) is 0 Å². The van der Waals surface area contributed by atoms with Crippen molar-refractivity contribution in [1.29, 1.82) is 0 Å². The number of carbonyl (C=O) groups is 2. The van der Waals surface area contributed by atoms with Crippen molar-refractivity contribution in [2.75, 3.05) is 13.6 Å². The van der Waals surface area contributed by atoms with Crippen molar-refractivity contribution < 1.29 is 14.7 Å². The van der Waals surface area contributed by atoms with Crippen LogP contribution >= 0.6 is 0 Å². The molecule has 5 nitrogen and oxygen atoms in total. The average molecular weight is 296 g/mol. The maximum Gasteiger partial charge on any atom is 0.317 e. The van der Waals surface area contributed by atoms with Crippen LogP contribution in [0.5, 0.6) is 0 Å². The zero-order valence-corrected chi connectivity index (χ0v) is 13.0. The molecular weight excluding hydrogens is 268 g/mol. The molecule has 2 aliphatic carbocycles. The minimum atomic E-state index is -0.672. The molecule has 0 aromatic carbocycles. The first-order chi connectivity index (χ1) is 10.1. The van der Waals surface area contributed by atoms with Gasteiger partial charge in [0.05, 0.1) is 5.92 Å². The third kappa shape index (κ3) is 4.61. The molecule has 2 saturated carbocycles. The fraction of sp³-hybridized carbons (Fsp3) is 0.875. The van der Waals surface area contributed by atoms with Crippen LogP contribution in [0.15, 0.2) is 0 Å². The summed E-state index contributed by atoms with van der Waals surface area (Å²) in [5.41, 5.74) is 0. The highest BCUT2D eigenvalue weighted by Gasteiger charge is 2.27. The van der Waals surface area contributed by atoms with E-state index in [4.69, 9.17) is 5.11 Å². The maximum absolute atomic E-state index is 12.2. The molecule has 21 heavy (non-hydrogen) atoms.